The third-order valence-corrected chi connectivity index (χ3v) is 3.82. The molecule has 0 bridgehead atoms. The SMILES string of the molecule is Cc1c(Cl)cccc1CNC(Cc1cnn(C)c1)C(=O)O. The molecule has 1 unspecified atom stereocenters. The predicted octanol–water partition coefficient (Wildman–Crippen LogP) is 2.17. The second kappa shape index (κ2) is 6.74. The van der Waals surface area contributed by atoms with Crippen molar-refractivity contribution in [3.63, 3.8) is 0 Å². The monoisotopic (exact) mass is 307 g/mol. The van der Waals surface area contributed by atoms with Gasteiger partial charge in [0.2, 0.25) is 0 Å². The second-order valence-corrected chi connectivity index (χ2v) is 5.43. The minimum absolute atomic E-state index is 0.392. The highest BCUT2D eigenvalue weighted by atomic mass is 35.5. The number of carboxylic acid groups (broad SMARTS) is 1. The third kappa shape index (κ3) is 4.06. The Kier molecular flexibility index (Phi) is 4.98. The number of nitrogens with one attached hydrogen (secondary N) is 1. The molecule has 0 saturated carbocycles. The Labute approximate surface area is 128 Å². The van der Waals surface area contributed by atoms with Crippen molar-refractivity contribution in [2.45, 2.75) is 25.9 Å². The topological polar surface area (TPSA) is 67.2 Å². The van der Waals surface area contributed by atoms with E-state index in [1.165, 1.54) is 0 Å². The molecule has 0 saturated heterocycles. The van der Waals surface area contributed by atoms with Gasteiger partial charge in [-0.05, 0) is 29.7 Å². The molecule has 6 heteroatoms. The van der Waals surface area contributed by atoms with Gasteiger partial charge in [-0.15, -0.1) is 0 Å². The first-order valence-corrected chi connectivity index (χ1v) is 7.03. The molecular formula is C15H18ClN3O2. The van der Waals surface area contributed by atoms with Crippen LogP contribution in [-0.4, -0.2) is 26.9 Å². The molecule has 0 amide bonds. The maximum absolute atomic E-state index is 11.4. The summed E-state index contributed by atoms with van der Waals surface area (Å²) in [6.07, 6.45) is 3.90. The molecule has 1 heterocycles. The van der Waals surface area contributed by atoms with Gasteiger partial charge in [0.1, 0.15) is 6.04 Å². The number of benzene rings is 1. The van der Waals surface area contributed by atoms with Crippen LogP contribution in [0.4, 0.5) is 0 Å². The lowest BCUT2D eigenvalue weighted by Crippen LogP contribution is -2.38. The van der Waals surface area contributed by atoms with Crippen LogP contribution in [-0.2, 0) is 24.8 Å². The summed E-state index contributed by atoms with van der Waals surface area (Å²) in [6.45, 7) is 2.39. The van der Waals surface area contributed by atoms with Crippen molar-refractivity contribution in [3.8, 4) is 0 Å². The Balaban J connectivity index is 2.03. The summed E-state index contributed by atoms with van der Waals surface area (Å²) in [4.78, 5) is 11.4. The molecule has 112 valence electrons. The fourth-order valence-electron chi connectivity index (χ4n) is 2.14. The summed E-state index contributed by atoms with van der Waals surface area (Å²) in [5, 5.41) is 17.1. The molecule has 0 spiro atoms. The Morgan fingerprint density at radius 3 is 2.90 bits per heavy atom. The van der Waals surface area contributed by atoms with Crippen molar-refractivity contribution in [1.29, 1.82) is 0 Å². The zero-order valence-corrected chi connectivity index (χ0v) is 12.8. The number of aliphatic carboxylic acids is 1. The number of nitrogens with zero attached hydrogens (tertiary/aromatic N) is 2. The van der Waals surface area contributed by atoms with Crippen LogP contribution in [0.2, 0.25) is 5.02 Å². The zero-order valence-electron chi connectivity index (χ0n) is 12.0. The Morgan fingerprint density at radius 1 is 1.52 bits per heavy atom. The molecule has 1 atom stereocenters. The Hall–Kier alpha value is -1.85. The fourth-order valence-corrected chi connectivity index (χ4v) is 2.33. The van der Waals surface area contributed by atoms with Gasteiger partial charge >= 0.3 is 5.97 Å². The summed E-state index contributed by atoms with van der Waals surface area (Å²) in [7, 11) is 1.81. The van der Waals surface area contributed by atoms with Crippen LogP contribution in [0.5, 0.6) is 0 Å². The first kappa shape index (κ1) is 15.5. The van der Waals surface area contributed by atoms with Crippen LogP contribution < -0.4 is 5.32 Å². The molecule has 1 aromatic heterocycles. The van der Waals surface area contributed by atoms with Gasteiger partial charge in [-0.3, -0.25) is 9.48 Å². The number of carboxylic acids is 1. The van der Waals surface area contributed by atoms with Crippen LogP contribution in [0.25, 0.3) is 0 Å². The minimum atomic E-state index is -0.876. The third-order valence-electron chi connectivity index (χ3n) is 3.42. The van der Waals surface area contributed by atoms with Gasteiger partial charge in [0, 0.05) is 31.2 Å². The van der Waals surface area contributed by atoms with E-state index in [0.29, 0.717) is 18.0 Å². The predicted molar refractivity (Wildman–Crippen MR) is 81.4 cm³/mol. The molecule has 2 aromatic rings. The first-order chi connectivity index (χ1) is 9.97. The highest BCUT2D eigenvalue weighted by Gasteiger charge is 2.18. The van der Waals surface area contributed by atoms with Gasteiger partial charge < -0.3 is 10.4 Å². The summed E-state index contributed by atoms with van der Waals surface area (Å²) >= 11 is 6.07. The van der Waals surface area contributed by atoms with Gasteiger partial charge in [-0.1, -0.05) is 23.7 Å². The van der Waals surface area contributed by atoms with Crippen molar-refractivity contribution in [1.82, 2.24) is 15.1 Å². The van der Waals surface area contributed by atoms with Crippen molar-refractivity contribution in [2.75, 3.05) is 0 Å². The molecule has 0 aliphatic carbocycles. The van der Waals surface area contributed by atoms with Gasteiger partial charge in [-0.25, -0.2) is 0 Å². The van der Waals surface area contributed by atoms with Gasteiger partial charge in [0.15, 0.2) is 0 Å². The molecule has 21 heavy (non-hydrogen) atoms. The Bertz CT molecular complexity index is 640. The highest BCUT2D eigenvalue weighted by Crippen LogP contribution is 2.18. The van der Waals surface area contributed by atoms with Crippen LogP contribution >= 0.6 is 11.6 Å². The van der Waals surface area contributed by atoms with Crippen LogP contribution in [0.1, 0.15) is 16.7 Å². The van der Waals surface area contributed by atoms with Crippen LogP contribution in [0.3, 0.4) is 0 Å². The molecule has 0 fully saturated rings. The van der Waals surface area contributed by atoms with Crippen LogP contribution in [0.15, 0.2) is 30.6 Å². The highest BCUT2D eigenvalue weighted by molar-refractivity contribution is 6.31. The maximum atomic E-state index is 11.4. The summed E-state index contributed by atoms with van der Waals surface area (Å²) < 4.78 is 1.66. The molecular weight excluding hydrogens is 290 g/mol. The lowest BCUT2D eigenvalue weighted by Gasteiger charge is -2.15. The molecule has 0 aliphatic heterocycles. The fraction of sp³-hybridized carbons (Fsp3) is 0.333. The minimum Gasteiger partial charge on any atom is -0.480 e. The van der Waals surface area contributed by atoms with Gasteiger partial charge in [-0.2, -0.15) is 5.10 Å². The number of rotatable bonds is 6. The molecule has 5 nitrogen and oxygen atoms in total. The molecule has 0 radical (unpaired) electrons. The van der Waals surface area contributed by atoms with Crippen LogP contribution in [0, 0.1) is 6.92 Å². The number of halogens is 1. The lowest BCUT2D eigenvalue weighted by molar-refractivity contribution is -0.139. The van der Waals surface area contributed by atoms with E-state index in [0.717, 1.165) is 16.7 Å². The number of hydrogen-bond acceptors (Lipinski definition) is 3. The second-order valence-electron chi connectivity index (χ2n) is 5.02. The average Bonchev–Trinajstić information content (AvgIpc) is 2.84. The molecule has 2 rings (SSSR count). The number of carbonyl (C=O) groups is 1. The first-order valence-electron chi connectivity index (χ1n) is 6.65. The quantitative estimate of drug-likeness (QED) is 0.858. The lowest BCUT2D eigenvalue weighted by atomic mass is 10.1. The van der Waals surface area contributed by atoms with Crippen molar-refractivity contribution >= 4 is 17.6 Å². The number of aromatic nitrogens is 2. The molecule has 2 N–H and O–H groups in total. The number of aryl methyl sites for hydroxylation is 1. The summed E-state index contributed by atoms with van der Waals surface area (Å²) in [5.74, 6) is -0.876. The largest absolute Gasteiger partial charge is 0.480 e. The van der Waals surface area contributed by atoms with E-state index in [1.807, 2.05) is 38.4 Å². The molecule has 1 aromatic carbocycles. The molecule has 0 aliphatic rings. The van der Waals surface area contributed by atoms with E-state index in [-0.39, 0.29) is 0 Å². The van der Waals surface area contributed by atoms with E-state index in [4.69, 9.17) is 11.6 Å². The van der Waals surface area contributed by atoms with Gasteiger partial charge in [0.05, 0.1) is 6.20 Å². The smallest absolute Gasteiger partial charge is 0.321 e. The van der Waals surface area contributed by atoms with E-state index >= 15 is 0 Å². The van der Waals surface area contributed by atoms with Crippen molar-refractivity contribution < 1.29 is 9.90 Å². The maximum Gasteiger partial charge on any atom is 0.321 e. The van der Waals surface area contributed by atoms with E-state index in [1.54, 1.807) is 10.9 Å². The normalized spacial score (nSPS) is 12.3. The Morgan fingerprint density at radius 2 is 2.29 bits per heavy atom. The van der Waals surface area contributed by atoms with Crippen molar-refractivity contribution in [2.24, 2.45) is 7.05 Å². The summed E-state index contributed by atoms with van der Waals surface area (Å²) in [6, 6.07) is 4.97. The summed E-state index contributed by atoms with van der Waals surface area (Å²) in [5.41, 5.74) is 2.86. The van der Waals surface area contributed by atoms with E-state index in [9.17, 15) is 9.90 Å². The zero-order chi connectivity index (χ0) is 15.4. The average molecular weight is 308 g/mol. The van der Waals surface area contributed by atoms with E-state index < -0.39 is 12.0 Å². The standard InChI is InChI=1S/C15H18ClN3O2/c1-10-12(4-3-5-13(10)16)8-17-14(15(20)21)6-11-7-18-19(2)9-11/h3-5,7,9,14,17H,6,8H2,1-2H3,(H,20,21). The van der Waals surface area contributed by atoms with Gasteiger partial charge in [0.25, 0.3) is 0 Å². The number of hydrogen-bond donors (Lipinski definition) is 2. The van der Waals surface area contributed by atoms with E-state index in [2.05, 4.69) is 10.4 Å². The van der Waals surface area contributed by atoms with Crippen molar-refractivity contribution in [3.05, 3.63) is 52.3 Å².